The van der Waals surface area contributed by atoms with Crippen molar-refractivity contribution in [1.29, 1.82) is 0 Å². The lowest BCUT2D eigenvalue weighted by atomic mass is 10.2. The molecule has 1 amide bonds. The van der Waals surface area contributed by atoms with E-state index in [1.54, 1.807) is 30.1 Å². The lowest BCUT2D eigenvalue weighted by molar-refractivity contribution is -0.0512. The van der Waals surface area contributed by atoms with E-state index in [2.05, 4.69) is 9.84 Å². The SMILES string of the molecule is COc1ccc(CN(C)C(=O)c2cnn(Cc3ccccc3Cl)c2)cc1OC(F)F. The number of methoxy groups -OCH3 is 1. The molecule has 0 radical (unpaired) electrons. The first kappa shape index (κ1) is 21.6. The monoisotopic (exact) mass is 435 g/mol. The second-order valence-electron chi connectivity index (χ2n) is 6.54. The van der Waals surface area contributed by atoms with E-state index in [0.717, 1.165) is 5.56 Å². The number of rotatable bonds is 8. The summed E-state index contributed by atoms with van der Waals surface area (Å²) in [5.74, 6) is -0.153. The summed E-state index contributed by atoms with van der Waals surface area (Å²) in [4.78, 5) is 14.2. The van der Waals surface area contributed by atoms with Crippen molar-refractivity contribution < 1.29 is 23.0 Å². The summed E-state index contributed by atoms with van der Waals surface area (Å²) < 4.78 is 36.3. The predicted octanol–water partition coefficient (Wildman–Crippen LogP) is 4.47. The Balaban J connectivity index is 1.69. The van der Waals surface area contributed by atoms with E-state index in [0.29, 0.717) is 22.7 Å². The van der Waals surface area contributed by atoms with Gasteiger partial charge >= 0.3 is 6.61 Å². The Bertz CT molecular complexity index is 1030. The number of aromatic nitrogens is 2. The average Bonchev–Trinajstić information content (AvgIpc) is 3.17. The Labute approximate surface area is 177 Å². The number of amides is 1. The molecule has 0 spiro atoms. The minimum Gasteiger partial charge on any atom is -0.493 e. The molecule has 1 heterocycles. The molecular formula is C21H20ClF2N3O3. The molecule has 0 fully saturated rings. The number of carbonyl (C=O) groups is 1. The molecule has 0 atom stereocenters. The van der Waals surface area contributed by atoms with Crippen molar-refractivity contribution in [1.82, 2.24) is 14.7 Å². The smallest absolute Gasteiger partial charge is 0.387 e. The Kier molecular flexibility index (Phi) is 6.89. The topological polar surface area (TPSA) is 56.6 Å². The molecule has 3 rings (SSSR count). The molecule has 0 saturated heterocycles. The Morgan fingerprint density at radius 3 is 2.70 bits per heavy atom. The fraction of sp³-hybridized carbons (Fsp3) is 0.238. The number of ether oxygens (including phenoxy) is 2. The van der Waals surface area contributed by atoms with Crippen LogP contribution in [0.15, 0.2) is 54.9 Å². The molecule has 0 N–H and O–H groups in total. The molecule has 1 aromatic heterocycles. The highest BCUT2D eigenvalue weighted by molar-refractivity contribution is 6.31. The van der Waals surface area contributed by atoms with E-state index < -0.39 is 6.61 Å². The van der Waals surface area contributed by atoms with Crippen LogP contribution in [-0.4, -0.2) is 41.4 Å². The van der Waals surface area contributed by atoms with Crippen LogP contribution in [-0.2, 0) is 13.1 Å². The molecule has 0 aliphatic carbocycles. The maximum absolute atomic E-state index is 12.7. The lowest BCUT2D eigenvalue weighted by Gasteiger charge is -2.18. The maximum Gasteiger partial charge on any atom is 0.387 e. The zero-order valence-electron chi connectivity index (χ0n) is 16.4. The van der Waals surface area contributed by atoms with E-state index in [1.165, 1.54) is 30.3 Å². The number of halogens is 3. The van der Waals surface area contributed by atoms with Crippen LogP contribution in [0.2, 0.25) is 5.02 Å². The van der Waals surface area contributed by atoms with Gasteiger partial charge in [-0.05, 0) is 29.3 Å². The highest BCUT2D eigenvalue weighted by atomic mass is 35.5. The van der Waals surface area contributed by atoms with Crippen molar-refractivity contribution in [2.75, 3.05) is 14.2 Å². The molecule has 2 aromatic carbocycles. The first-order valence-electron chi connectivity index (χ1n) is 9.00. The zero-order chi connectivity index (χ0) is 21.7. The molecule has 30 heavy (non-hydrogen) atoms. The van der Waals surface area contributed by atoms with Gasteiger partial charge in [-0.15, -0.1) is 0 Å². The highest BCUT2D eigenvalue weighted by Crippen LogP contribution is 2.30. The van der Waals surface area contributed by atoms with Gasteiger partial charge in [-0.1, -0.05) is 35.9 Å². The van der Waals surface area contributed by atoms with Gasteiger partial charge in [-0.25, -0.2) is 0 Å². The minimum absolute atomic E-state index is 0.0848. The van der Waals surface area contributed by atoms with E-state index in [4.69, 9.17) is 16.3 Å². The molecular weight excluding hydrogens is 416 g/mol. The number of hydrogen-bond acceptors (Lipinski definition) is 4. The maximum atomic E-state index is 12.7. The molecule has 6 nitrogen and oxygen atoms in total. The van der Waals surface area contributed by atoms with Crippen molar-refractivity contribution in [3.8, 4) is 11.5 Å². The predicted molar refractivity (Wildman–Crippen MR) is 108 cm³/mol. The molecule has 0 aliphatic rings. The molecule has 158 valence electrons. The zero-order valence-corrected chi connectivity index (χ0v) is 17.1. The van der Waals surface area contributed by atoms with E-state index >= 15 is 0 Å². The summed E-state index contributed by atoms with van der Waals surface area (Å²) in [7, 11) is 2.98. The van der Waals surface area contributed by atoms with Gasteiger partial charge in [0.05, 0.1) is 25.4 Å². The summed E-state index contributed by atoms with van der Waals surface area (Å²) in [6.45, 7) is -2.35. The molecule has 3 aromatic rings. The van der Waals surface area contributed by atoms with Crippen LogP contribution in [0.25, 0.3) is 0 Å². The second kappa shape index (κ2) is 9.58. The van der Waals surface area contributed by atoms with Gasteiger partial charge in [0.1, 0.15) is 0 Å². The third-order valence-electron chi connectivity index (χ3n) is 4.38. The standard InChI is InChI=1S/C21H20ClF2N3O3/c1-26(11-14-7-8-18(29-2)19(9-14)30-21(23)24)20(28)16-10-25-27(13-16)12-15-5-3-4-6-17(15)22/h3-10,13,21H,11-12H2,1-2H3. The molecule has 0 saturated carbocycles. The molecule has 0 aliphatic heterocycles. The normalized spacial score (nSPS) is 10.9. The van der Waals surface area contributed by atoms with E-state index in [1.807, 2.05) is 18.2 Å². The second-order valence-corrected chi connectivity index (χ2v) is 6.95. The Hall–Kier alpha value is -3.13. The van der Waals surface area contributed by atoms with Crippen LogP contribution in [0.1, 0.15) is 21.5 Å². The molecule has 9 heteroatoms. The van der Waals surface area contributed by atoms with E-state index in [9.17, 15) is 13.6 Å². The number of carbonyl (C=O) groups excluding carboxylic acids is 1. The van der Waals surface area contributed by atoms with Crippen molar-refractivity contribution in [2.24, 2.45) is 0 Å². The summed E-state index contributed by atoms with van der Waals surface area (Å²) in [6.07, 6.45) is 3.12. The van der Waals surface area contributed by atoms with Gasteiger partial charge in [-0.3, -0.25) is 9.48 Å². The minimum atomic E-state index is -2.97. The third kappa shape index (κ3) is 5.27. The van der Waals surface area contributed by atoms with Crippen LogP contribution in [0, 0.1) is 0 Å². The summed E-state index contributed by atoms with van der Waals surface area (Å²) in [5.41, 5.74) is 1.91. The quantitative estimate of drug-likeness (QED) is 0.524. The lowest BCUT2D eigenvalue weighted by Crippen LogP contribution is -2.26. The third-order valence-corrected chi connectivity index (χ3v) is 4.75. The number of nitrogens with zero attached hydrogens (tertiary/aromatic N) is 3. The fourth-order valence-corrected chi connectivity index (χ4v) is 3.13. The van der Waals surface area contributed by atoms with Crippen LogP contribution in [0.4, 0.5) is 8.78 Å². The number of alkyl halides is 2. The van der Waals surface area contributed by atoms with Crippen LogP contribution in [0.3, 0.4) is 0 Å². The highest BCUT2D eigenvalue weighted by Gasteiger charge is 2.17. The van der Waals surface area contributed by atoms with Crippen LogP contribution in [0.5, 0.6) is 11.5 Å². The van der Waals surface area contributed by atoms with Crippen molar-refractivity contribution in [3.05, 3.63) is 76.6 Å². The Morgan fingerprint density at radius 2 is 2.00 bits per heavy atom. The van der Waals surface area contributed by atoms with Crippen molar-refractivity contribution >= 4 is 17.5 Å². The van der Waals surface area contributed by atoms with Gasteiger partial charge in [0.15, 0.2) is 11.5 Å². The Morgan fingerprint density at radius 1 is 1.23 bits per heavy atom. The van der Waals surface area contributed by atoms with Gasteiger partial charge in [0.2, 0.25) is 0 Å². The van der Waals surface area contributed by atoms with Crippen molar-refractivity contribution in [2.45, 2.75) is 19.7 Å². The fourth-order valence-electron chi connectivity index (χ4n) is 2.94. The summed E-state index contributed by atoms with van der Waals surface area (Å²) >= 11 is 6.17. The van der Waals surface area contributed by atoms with Gasteiger partial charge in [0, 0.05) is 24.8 Å². The number of benzene rings is 2. The first-order valence-corrected chi connectivity index (χ1v) is 9.38. The van der Waals surface area contributed by atoms with Crippen LogP contribution >= 0.6 is 11.6 Å². The largest absolute Gasteiger partial charge is 0.493 e. The van der Waals surface area contributed by atoms with Gasteiger partial charge in [-0.2, -0.15) is 13.9 Å². The molecule has 0 bridgehead atoms. The van der Waals surface area contributed by atoms with Gasteiger partial charge in [0.25, 0.3) is 5.91 Å². The summed E-state index contributed by atoms with van der Waals surface area (Å²) in [6, 6.07) is 12.0. The first-order chi connectivity index (χ1) is 14.4. The van der Waals surface area contributed by atoms with Crippen molar-refractivity contribution in [3.63, 3.8) is 0 Å². The van der Waals surface area contributed by atoms with E-state index in [-0.39, 0.29) is 24.0 Å². The van der Waals surface area contributed by atoms with Crippen LogP contribution < -0.4 is 9.47 Å². The van der Waals surface area contributed by atoms with Gasteiger partial charge < -0.3 is 14.4 Å². The summed E-state index contributed by atoms with van der Waals surface area (Å²) in [5, 5.41) is 4.85. The molecule has 0 unspecified atom stereocenters. The number of hydrogen-bond donors (Lipinski definition) is 0. The average molecular weight is 436 g/mol.